The van der Waals surface area contributed by atoms with Gasteiger partial charge in [-0.15, -0.1) is 0 Å². The number of benzene rings is 1. The molecule has 1 saturated heterocycles. The molecule has 1 heterocycles. The molecule has 0 radical (unpaired) electrons. The van der Waals surface area contributed by atoms with Gasteiger partial charge in [0, 0.05) is 19.0 Å². The molecular weight excluding hydrogens is 209 g/mol. The number of rotatable bonds is 3. The lowest BCUT2D eigenvalue weighted by Crippen LogP contribution is -2.31. The number of halogens is 1. The number of hydrogen-bond donors (Lipinski definition) is 3. The van der Waals surface area contributed by atoms with Crippen molar-refractivity contribution >= 4 is 17.3 Å². The first-order valence-electron chi connectivity index (χ1n) is 5.23. The Morgan fingerprint density at radius 1 is 1.56 bits per heavy atom. The van der Waals surface area contributed by atoms with E-state index in [-0.39, 0.29) is 17.8 Å². The highest BCUT2D eigenvalue weighted by atomic mass is 19.1. The van der Waals surface area contributed by atoms with Crippen molar-refractivity contribution < 1.29 is 9.18 Å². The predicted molar refractivity (Wildman–Crippen MR) is 60.5 cm³/mol. The molecule has 1 aliphatic rings. The van der Waals surface area contributed by atoms with Gasteiger partial charge in [-0.2, -0.15) is 0 Å². The maximum atomic E-state index is 12.9. The van der Waals surface area contributed by atoms with Crippen LogP contribution in [-0.2, 0) is 4.79 Å². The van der Waals surface area contributed by atoms with E-state index in [1.54, 1.807) is 0 Å². The van der Waals surface area contributed by atoms with Gasteiger partial charge >= 0.3 is 0 Å². The second-order valence-corrected chi connectivity index (χ2v) is 3.92. The Labute approximate surface area is 93.0 Å². The van der Waals surface area contributed by atoms with Crippen LogP contribution in [0, 0.1) is 5.82 Å². The van der Waals surface area contributed by atoms with Crippen LogP contribution in [0.5, 0.6) is 0 Å². The molecule has 0 saturated carbocycles. The number of carbonyl (C=O) groups excluding carboxylic acids is 1. The molecule has 0 bridgehead atoms. The first-order chi connectivity index (χ1) is 7.65. The van der Waals surface area contributed by atoms with Crippen LogP contribution in [0.1, 0.15) is 12.8 Å². The number of anilines is 2. The molecule has 0 aliphatic carbocycles. The maximum Gasteiger partial charge on any atom is 0.220 e. The van der Waals surface area contributed by atoms with Gasteiger partial charge in [0.2, 0.25) is 5.91 Å². The summed E-state index contributed by atoms with van der Waals surface area (Å²) in [5.74, 6) is -0.258. The Morgan fingerprint density at radius 3 is 3.06 bits per heavy atom. The summed E-state index contributed by atoms with van der Waals surface area (Å²) >= 11 is 0. The minimum Gasteiger partial charge on any atom is -0.397 e. The molecule has 4 N–H and O–H groups in total. The summed E-state index contributed by atoms with van der Waals surface area (Å²) < 4.78 is 12.9. The fourth-order valence-corrected chi connectivity index (χ4v) is 1.75. The van der Waals surface area contributed by atoms with Gasteiger partial charge < -0.3 is 16.4 Å². The average Bonchev–Trinajstić information content (AvgIpc) is 2.66. The van der Waals surface area contributed by atoms with Gasteiger partial charge in [-0.3, -0.25) is 4.79 Å². The molecular formula is C11H14FN3O. The van der Waals surface area contributed by atoms with Crippen molar-refractivity contribution in [2.75, 3.05) is 17.6 Å². The quantitative estimate of drug-likeness (QED) is 0.672. The molecule has 1 fully saturated rings. The Hall–Kier alpha value is -1.78. The summed E-state index contributed by atoms with van der Waals surface area (Å²) in [5, 5.41) is 5.86. The number of nitrogens with one attached hydrogen (secondary N) is 2. The Balaban J connectivity index is 1.94. The summed E-state index contributed by atoms with van der Waals surface area (Å²) in [7, 11) is 0. The van der Waals surface area contributed by atoms with Crippen molar-refractivity contribution in [1.82, 2.24) is 5.32 Å². The molecule has 1 amide bonds. The van der Waals surface area contributed by atoms with E-state index in [1.807, 2.05) is 0 Å². The third-order valence-electron chi connectivity index (χ3n) is 2.64. The smallest absolute Gasteiger partial charge is 0.220 e. The first-order valence-corrected chi connectivity index (χ1v) is 5.23. The molecule has 1 atom stereocenters. The van der Waals surface area contributed by atoms with Gasteiger partial charge in [-0.1, -0.05) is 0 Å². The lowest BCUT2D eigenvalue weighted by molar-refractivity contribution is -0.119. The molecule has 1 unspecified atom stereocenters. The molecule has 1 aliphatic heterocycles. The first kappa shape index (κ1) is 10.7. The highest BCUT2D eigenvalue weighted by molar-refractivity contribution is 5.78. The van der Waals surface area contributed by atoms with Crippen LogP contribution >= 0.6 is 0 Å². The van der Waals surface area contributed by atoms with E-state index < -0.39 is 0 Å². The third-order valence-corrected chi connectivity index (χ3v) is 2.64. The van der Waals surface area contributed by atoms with E-state index in [9.17, 15) is 9.18 Å². The molecule has 5 heteroatoms. The predicted octanol–water partition coefficient (Wildman–Crippen LogP) is 1.10. The Kier molecular flexibility index (Phi) is 2.94. The number of hydrogen-bond acceptors (Lipinski definition) is 3. The van der Waals surface area contributed by atoms with Gasteiger partial charge in [0.25, 0.3) is 0 Å². The number of carbonyl (C=O) groups is 1. The van der Waals surface area contributed by atoms with E-state index >= 15 is 0 Å². The van der Waals surface area contributed by atoms with Crippen LogP contribution < -0.4 is 16.4 Å². The number of nitrogens with two attached hydrogens (primary N) is 1. The van der Waals surface area contributed by atoms with Crippen molar-refractivity contribution in [2.24, 2.45) is 0 Å². The summed E-state index contributed by atoms with van der Waals surface area (Å²) in [6, 6.07) is 4.30. The monoisotopic (exact) mass is 223 g/mol. The average molecular weight is 223 g/mol. The second kappa shape index (κ2) is 4.38. The minimum absolute atomic E-state index is 0.0685. The third kappa shape index (κ3) is 2.42. The van der Waals surface area contributed by atoms with Crippen molar-refractivity contribution in [3.8, 4) is 0 Å². The normalized spacial score (nSPS) is 19.6. The highest BCUT2D eigenvalue weighted by Gasteiger charge is 2.20. The van der Waals surface area contributed by atoms with Crippen molar-refractivity contribution in [3.05, 3.63) is 24.0 Å². The fraction of sp³-hybridized carbons (Fsp3) is 0.364. The molecule has 16 heavy (non-hydrogen) atoms. The van der Waals surface area contributed by atoms with Crippen LogP contribution in [0.15, 0.2) is 18.2 Å². The van der Waals surface area contributed by atoms with E-state index in [0.717, 1.165) is 6.42 Å². The zero-order chi connectivity index (χ0) is 11.5. The second-order valence-electron chi connectivity index (χ2n) is 3.92. The molecule has 0 aromatic heterocycles. The summed E-state index contributed by atoms with van der Waals surface area (Å²) in [6.07, 6.45) is 1.37. The van der Waals surface area contributed by atoms with Crippen LogP contribution in [0.3, 0.4) is 0 Å². The summed E-state index contributed by atoms with van der Waals surface area (Å²) in [4.78, 5) is 11.0. The standard InChI is InChI=1S/C11H14FN3O/c12-7-1-3-9(13)10(5-7)14-6-8-2-4-11(16)15-8/h1,3,5,8,14H,2,4,6,13H2,(H,15,16). The van der Waals surface area contributed by atoms with Gasteiger partial charge in [0.15, 0.2) is 0 Å². The SMILES string of the molecule is Nc1ccc(F)cc1NCC1CCC(=O)N1. The number of nitrogen functional groups attached to an aromatic ring is 1. The molecule has 2 rings (SSSR count). The van der Waals surface area contributed by atoms with E-state index in [4.69, 9.17) is 5.73 Å². The zero-order valence-corrected chi connectivity index (χ0v) is 8.79. The lowest BCUT2D eigenvalue weighted by Gasteiger charge is -2.13. The van der Waals surface area contributed by atoms with Crippen LogP contribution in [-0.4, -0.2) is 18.5 Å². The van der Waals surface area contributed by atoms with Crippen LogP contribution in [0.2, 0.25) is 0 Å². The minimum atomic E-state index is -0.327. The largest absolute Gasteiger partial charge is 0.397 e. The molecule has 1 aromatic carbocycles. The zero-order valence-electron chi connectivity index (χ0n) is 8.79. The maximum absolute atomic E-state index is 12.9. The van der Waals surface area contributed by atoms with Gasteiger partial charge in [-0.05, 0) is 24.6 Å². The summed E-state index contributed by atoms with van der Waals surface area (Å²) in [6.45, 7) is 0.569. The Bertz CT molecular complexity index is 408. The van der Waals surface area contributed by atoms with Crippen molar-refractivity contribution in [2.45, 2.75) is 18.9 Å². The molecule has 1 aromatic rings. The Morgan fingerprint density at radius 2 is 2.38 bits per heavy atom. The lowest BCUT2D eigenvalue weighted by atomic mass is 10.2. The number of amides is 1. The molecule has 0 spiro atoms. The van der Waals surface area contributed by atoms with Crippen molar-refractivity contribution in [1.29, 1.82) is 0 Å². The van der Waals surface area contributed by atoms with Gasteiger partial charge in [0.05, 0.1) is 11.4 Å². The molecule has 86 valence electrons. The highest BCUT2D eigenvalue weighted by Crippen LogP contribution is 2.19. The van der Waals surface area contributed by atoms with E-state index in [2.05, 4.69) is 10.6 Å². The van der Waals surface area contributed by atoms with Gasteiger partial charge in [0.1, 0.15) is 5.82 Å². The van der Waals surface area contributed by atoms with Gasteiger partial charge in [-0.25, -0.2) is 4.39 Å². The molecule has 4 nitrogen and oxygen atoms in total. The van der Waals surface area contributed by atoms with Crippen molar-refractivity contribution in [3.63, 3.8) is 0 Å². The van der Waals surface area contributed by atoms with Crippen LogP contribution in [0.25, 0.3) is 0 Å². The van der Waals surface area contributed by atoms with Crippen LogP contribution in [0.4, 0.5) is 15.8 Å². The summed E-state index contributed by atoms with van der Waals surface area (Å²) in [5.41, 5.74) is 6.76. The fourth-order valence-electron chi connectivity index (χ4n) is 1.75. The van der Waals surface area contributed by atoms with E-state index in [0.29, 0.717) is 24.3 Å². The van der Waals surface area contributed by atoms with E-state index in [1.165, 1.54) is 18.2 Å². The topological polar surface area (TPSA) is 67.1 Å².